The van der Waals surface area contributed by atoms with Crippen molar-refractivity contribution in [3.63, 3.8) is 0 Å². The molecule has 0 saturated carbocycles. The normalized spacial score (nSPS) is 11.7. The molecule has 186 valence electrons. The molecule has 6 nitrogen and oxygen atoms in total. The van der Waals surface area contributed by atoms with Gasteiger partial charge in [0.1, 0.15) is 0 Å². The fraction of sp³-hybridized carbons (Fsp3) is 0.207. The van der Waals surface area contributed by atoms with Gasteiger partial charge in [-0.1, -0.05) is 91.0 Å². The quantitative estimate of drug-likeness (QED) is 0.214. The monoisotopic (exact) mass is 502 g/mol. The molecule has 7 heteroatoms. The summed E-state index contributed by atoms with van der Waals surface area (Å²) in [5, 5.41) is 0. The number of nitrogens with zero attached hydrogens (tertiary/aromatic N) is 2. The first kappa shape index (κ1) is 25.6. The molecule has 0 aliphatic heterocycles. The lowest BCUT2D eigenvalue weighted by molar-refractivity contribution is 0.216. The second-order valence-electron chi connectivity index (χ2n) is 8.45. The Kier molecular flexibility index (Phi) is 8.90. The van der Waals surface area contributed by atoms with Crippen LogP contribution in [0.2, 0.25) is 0 Å². The van der Waals surface area contributed by atoms with Gasteiger partial charge >= 0.3 is 7.60 Å². The second-order valence-corrected chi connectivity index (χ2v) is 10.4. The van der Waals surface area contributed by atoms with Crippen molar-refractivity contribution in [3.05, 3.63) is 114 Å². The summed E-state index contributed by atoms with van der Waals surface area (Å²) in [4.78, 5) is 6.29. The predicted molar refractivity (Wildman–Crippen MR) is 146 cm³/mol. The minimum Gasteiger partial charge on any atom is -0.420 e. The zero-order chi connectivity index (χ0) is 25.2. The lowest BCUT2D eigenvalue weighted by atomic mass is 10.2. The van der Waals surface area contributed by atoms with Crippen LogP contribution in [0, 0.1) is 0 Å². The van der Waals surface area contributed by atoms with Crippen molar-refractivity contribution in [1.82, 2.24) is 4.98 Å². The van der Waals surface area contributed by atoms with Crippen molar-refractivity contribution in [2.45, 2.75) is 12.8 Å². The lowest BCUT2D eigenvalue weighted by Crippen LogP contribution is -2.21. The summed E-state index contributed by atoms with van der Waals surface area (Å²) in [6.07, 6.45) is 4.85. The van der Waals surface area contributed by atoms with Gasteiger partial charge in [-0.15, -0.1) is 0 Å². The van der Waals surface area contributed by atoms with Gasteiger partial charge < -0.3 is 18.4 Å². The van der Waals surface area contributed by atoms with Gasteiger partial charge in [-0.3, -0.25) is 4.57 Å². The van der Waals surface area contributed by atoms with Crippen LogP contribution in [0.25, 0.3) is 12.2 Å². The maximum atomic E-state index is 14.2. The fourth-order valence-corrected chi connectivity index (χ4v) is 5.29. The SMILES string of the molecule is CN(C)c1oc(/C=C/c2ccccc2)nc1P(=O)(OCCc1ccccc1)OCCc1ccccc1. The molecule has 0 radical (unpaired) electrons. The standard InChI is InChI=1S/C29H31N2O4P/c1-31(2)29-28(30-27(35-29)19-18-24-12-6-3-7-13-24)36(32,33-22-20-25-14-8-4-9-15-25)34-23-21-26-16-10-5-11-17-26/h3-19H,20-23H2,1-2H3/b19-18+. The van der Waals surface area contributed by atoms with Crippen molar-refractivity contribution in [1.29, 1.82) is 0 Å². The summed E-state index contributed by atoms with van der Waals surface area (Å²) in [6, 6.07) is 29.7. The van der Waals surface area contributed by atoms with E-state index in [2.05, 4.69) is 4.98 Å². The van der Waals surface area contributed by atoms with E-state index in [9.17, 15) is 4.57 Å². The third-order valence-electron chi connectivity index (χ3n) is 5.48. The Bertz CT molecular complexity index is 1240. The average molecular weight is 503 g/mol. The molecule has 0 bridgehead atoms. The molecule has 0 spiro atoms. The smallest absolute Gasteiger partial charge is 0.385 e. The number of benzene rings is 3. The number of hydrogen-bond donors (Lipinski definition) is 0. The van der Waals surface area contributed by atoms with Crippen LogP contribution in [-0.4, -0.2) is 32.3 Å². The van der Waals surface area contributed by atoms with E-state index in [1.165, 1.54) is 0 Å². The van der Waals surface area contributed by atoms with E-state index >= 15 is 0 Å². The molecule has 1 aromatic heterocycles. The van der Waals surface area contributed by atoms with E-state index in [1.54, 1.807) is 11.0 Å². The molecule has 0 aliphatic rings. The van der Waals surface area contributed by atoms with Gasteiger partial charge in [0.2, 0.25) is 17.2 Å². The van der Waals surface area contributed by atoms with Gasteiger partial charge in [0.15, 0.2) is 0 Å². The number of aromatic nitrogens is 1. The Morgan fingerprint density at radius 3 is 1.78 bits per heavy atom. The van der Waals surface area contributed by atoms with E-state index in [-0.39, 0.29) is 18.6 Å². The summed E-state index contributed by atoms with van der Waals surface area (Å²) in [7, 11) is -0.167. The van der Waals surface area contributed by atoms with Crippen molar-refractivity contribution in [2.75, 3.05) is 32.2 Å². The van der Waals surface area contributed by atoms with Crippen molar-refractivity contribution >= 4 is 31.1 Å². The molecule has 4 rings (SSSR count). The van der Waals surface area contributed by atoms with E-state index in [1.807, 2.05) is 111 Å². The Morgan fingerprint density at radius 1 is 0.778 bits per heavy atom. The molecule has 0 amide bonds. The highest BCUT2D eigenvalue weighted by molar-refractivity contribution is 7.62. The van der Waals surface area contributed by atoms with E-state index < -0.39 is 7.60 Å². The molecular formula is C29H31N2O4P. The lowest BCUT2D eigenvalue weighted by Gasteiger charge is -2.19. The third-order valence-corrected chi connectivity index (χ3v) is 7.34. The maximum absolute atomic E-state index is 14.2. The number of hydrogen-bond acceptors (Lipinski definition) is 6. The Labute approximate surface area is 212 Å². The molecule has 0 saturated heterocycles. The van der Waals surface area contributed by atoms with Gasteiger partial charge in [-0.25, -0.2) is 0 Å². The molecule has 0 unspecified atom stereocenters. The molecule has 36 heavy (non-hydrogen) atoms. The largest absolute Gasteiger partial charge is 0.420 e. The Hall–Kier alpha value is -3.44. The van der Waals surface area contributed by atoms with E-state index in [0.717, 1.165) is 16.7 Å². The van der Waals surface area contributed by atoms with Gasteiger partial charge in [-0.2, -0.15) is 4.98 Å². The first-order valence-electron chi connectivity index (χ1n) is 11.9. The van der Waals surface area contributed by atoms with Gasteiger partial charge in [-0.05, 0) is 35.6 Å². The van der Waals surface area contributed by atoms with Crippen LogP contribution >= 0.6 is 7.60 Å². The first-order chi connectivity index (χ1) is 17.5. The van der Waals surface area contributed by atoms with Crippen LogP contribution in [0.4, 0.5) is 5.88 Å². The zero-order valence-electron chi connectivity index (χ0n) is 20.6. The summed E-state index contributed by atoms with van der Waals surface area (Å²) < 4.78 is 32.1. The highest BCUT2D eigenvalue weighted by atomic mass is 31.2. The Balaban J connectivity index is 1.57. The van der Waals surface area contributed by atoms with Crippen LogP contribution < -0.4 is 10.3 Å². The van der Waals surface area contributed by atoms with E-state index in [0.29, 0.717) is 24.6 Å². The zero-order valence-corrected chi connectivity index (χ0v) is 21.5. The van der Waals surface area contributed by atoms with Crippen LogP contribution in [0.15, 0.2) is 95.4 Å². The minimum absolute atomic E-state index is 0.182. The first-order valence-corrected chi connectivity index (χ1v) is 13.5. The molecule has 0 N–H and O–H groups in total. The third kappa shape index (κ3) is 7.05. The predicted octanol–water partition coefficient (Wildman–Crippen LogP) is 6.25. The van der Waals surface area contributed by atoms with E-state index in [4.69, 9.17) is 13.5 Å². The average Bonchev–Trinajstić information content (AvgIpc) is 3.35. The summed E-state index contributed by atoms with van der Waals surface area (Å²) in [5.74, 6) is 0.682. The molecule has 0 atom stereocenters. The number of rotatable bonds is 12. The molecule has 0 fully saturated rings. The van der Waals surface area contributed by atoms with Crippen molar-refractivity contribution in [2.24, 2.45) is 0 Å². The minimum atomic E-state index is -3.79. The van der Waals surface area contributed by atoms with Crippen LogP contribution in [-0.2, 0) is 26.5 Å². The maximum Gasteiger partial charge on any atom is 0.385 e. The fourth-order valence-electron chi connectivity index (χ4n) is 3.61. The second kappa shape index (κ2) is 12.5. The molecule has 4 aromatic rings. The highest BCUT2D eigenvalue weighted by Gasteiger charge is 2.36. The van der Waals surface area contributed by atoms with Crippen molar-refractivity contribution in [3.8, 4) is 0 Å². The topological polar surface area (TPSA) is 64.8 Å². The molecule has 1 heterocycles. The molecular weight excluding hydrogens is 471 g/mol. The summed E-state index contributed by atoms with van der Waals surface area (Å²) in [6.45, 7) is 0.448. The van der Waals surface area contributed by atoms with Gasteiger partial charge in [0, 0.05) is 20.2 Å². The highest BCUT2D eigenvalue weighted by Crippen LogP contribution is 2.49. The van der Waals surface area contributed by atoms with Gasteiger partial charge in [0.05, 0.1) is 13.2 Å². The van der Waals surface area contributed by atoms with Gasteiger partial charge in [0.25, 0.3) is 0 Å². The molecule has 3 aromatic carbocycles. The number of anilines is 1. The van der Waals surface area contributed by atoms with Crippen LogP contribution in [0.3, 0.4) is 0 Å². The number of oxazole rings is 1. The summed E-state index contributed by atoms with van der Waals surface area (Å²) in [5.41, 5.74) is 3.37. The van der Waals surface area contributed by atoms with Crippen molar-refractivity contribution < 1.29 is 18.0 Å². The Morgan fingerprint density at radius 2 is 1.28 bits per heavy atom. The van der Waals surface area contributed by atoms with Crippen LogP contribution in [0.5, 0.6) is 0 Å². The summed E-state index contributed by atoms with van der Waals surface area (Å²) >= 11 is 0. The molecule has 0 aliphatic carbocycles. The van der Waals surface area contributed by atoms with Crippen LogP contribution in [0.1, 0.15) is 22.6 Å².